The largest absolute Gasteiger partial charge is 0.381 e. The van der Waals surface area contributed by atoms with Crippen molar-refractivity contribution in [2.45, 2.75) is 26.5 Å². The Labute approximate surface area is 117 Å². The summed E-state index contributed by atoms with van der Waals surface area (Å²) in [6.07, 6.45) is 0.846. The van der Waals surface area contributed by atoms with Crippen LogP contribution in [0.4, 0.5) is 0 Å². The summed E-state index contributed by atoms with van der Waals surface area (Å²) < 4.78 is 2.73. The van der Waals surface area contributed by atoms with Crippen LogP contribution in [0.15, 0.2) is 16.7 Å². The Morgan fingerprint density at radius 1 is 1.65 bits per heavy atom. The molecule has 2 heterocycles. The molecule has 0 bridgehead atoms. The molecule has 3 nitrogen and oxygen atoms in total. The Morgan fingerprint density at radius 2 is 2.35 bits per heavy atom. The molecule has 17 heavy (non-hydrogen) atoms. The summed E-state index contributed by atoms with van der Waals surface area (Å²) >= 11 is 11.1. The quantitative estimate of drug-likeness (QED) is 0.927. The van der Waals surface area contributed by atoms with Crippen molar-refractivity contribution in [2.24, 2.45) is 0 Å². The number of hydrogen-bond acceptors (Lipinski definition) is 3. The van der Waals surface area contributed by atoms with Crippen molar-refractivity contribution in [3.05, 3.63) is 37.2 Å². The van der Waals surface area contributed by atoms with Gasteiger partial charge in [0.25, 0.3) is 0 Å². The number of halogens is 2. The van der Waals surface area contributed by atoms with Gasteiger partial charge in [0, 0.05) is 20.8 Å². The van der Waals surface area contributed by atoms with E-state index in [0.29, 0.717) is 17.3 Å². The third kappa shape index (κ3) is 2.42. The highest BCUT2D eigenvalue weighted by Crippen LogP contribution is 2.35. The summed E-state index contributed by atoms with van der Waals surface area (Å²) in [5.41, 5.74) is 0.655. The standard InChI is InChI=1S/C11H12BrClN2OS/c1-3-15-10(8(13)5-14-15)11(16)9-4-7(12)6(2)17-9/h4-5,11,16H,3H2,1-2H3. The van der Waals surface area contributed by atoms with Gasteiger partial charge < -0.3 is 5.11 Å². The topological polar surface area (TPSA) is 38.0 Å². The van der Waals surface area contributed by atoms with Gasteiger partial charge in [-0.2, -0.15) is 5.10 Å². The van der Waals surface area contributed by atoms with Gasteiger partial charge in [-0.15, -0.1) is 11.3 Å². The van der Waals surface area contributed by atoms with E-state index in [4.69, 9.17) is 11.6 Å². The highest BCUT2D eigenvalue weighted by molar-refractivity contribution is 9.10. The van der Waals surface area contributed by atoms with Crippen LogP contribution in [0.5, 0.6) is 0 Å². The number of aliphatic hydroxyl groups is 1. The van der Waals surface area contributed by atoms with Gasteiger partial charge in [0.05, 0.1) is 16.9 Å². The van der Waals surface area contributed by atoms with E-state index in [9.17, 15) is 5.11 Å². The van der Waals surface area contributed by atoms with Gasteiger partial charge in [0.2, 0.25) is 0 Å². The lowest BCUT2D eigenvalue weighted by Gasteiger charge is -2.11. The van der Waals surface area contributed by atoms with Gasteiger partial charge in [-0.25, -0.2) is 0 Å². The van der Waals surface area contributed by atoms with Crippen LogP contribution in [-0.4, -0.2) is 14.9 Å². The first-order valence-electron chi connectivity index (χ1n) is 5.19. The normalized spacial score (nSPS) is 13.0. The van der Waals surface area contributed by atoms with Gasteiger partial charge in [0.1, 0.15) is 6.10 Å². The van der Waals surface area contributed by atoms with Gasteiger partial charge in [-0.1, -0.05) is 11.6 Å². The first-order valence-corrected chi connectivity index (χ1v) is 7.18. The summed E-state index contributed by atoms with van der Waals surface area (Å²) in [7, 11) is 0. The Balaban J connectivity index is 2.42. The molecule has 0 aliphatic rings. The van der Waals surface area contributed by atoms with Crippen molar-refractivity contribution in [1.82, 2.24) is 9.78 Å². The Kier molecular flexibility index (Phi) is 3.92. The lowest BCUT2D eigenvalue weighted by molar-refractivity contribution is 0.212. The lowest BCUT2D eigenvalue weighted by atomic mass is 10.2. The van der Waals surface area contributed by atoms with Crippen LogP contribution in [0, 0.1) is 6.92 Å². The Bertz CT molecular complexity index is 518. The monoisotopic (exact) mass is 334 g/mol. The van der Waals surface area contributed by atoms with Crippen LogP contribution in [-0.2, 0) is 6.54 Å². The molecule has 1 unspecified atom stereocenters. The third-order valence-electron chi connectivity index (χ3n) is 2.54. The van der Waals surface area contributed by atoms with E-state index in [1.165, 1.54) is 0 Å². The number of hydrogen-bond donors (Lipinski definition) is 1. The van der Waals surface area contributed by atoms with Crippen LogP contribution >= 0.6 is 38.9 Å². The predicted molar refractivity (Wildman–Crippen MR) is 73.7 cm³/mol. The van der Waals surface area contributed by atoms with E-state index in [-0.39, 0.29) is 0 Å². The minimum Gasteiger partial charge on any atom is -0.381 e. The van der Waals surface area contributed by atoms with Crippen molar-refractivity contribution < 1.29 is 5.11 Å². The van der Waals surface area contributed by atoms with Gasteiger partial charge >= 0.3 is 0 Å². The highest BCUT2D eigenvalue weighted by atomic mass is 79.9. The molecule has 0 aromatic carbocycles. The second-order valence-corrected chi connectivity index (χ2v) is 6.20. The van der Waals surface area contributed by atoms with E-state index in [2.05, 4.69) is 21.0 Å². The summed E-state index contributed by atoms with van der Waals surface area (Å²) in [5.74, 6) is 0. The molecule has 6 heteroatoms. The zero-order valence-corrected chi connectivity index (χ0v) is 12.6. The van der Waals surface area contributed by atoms with Crippen LogP contribution in [0.2, 0.25) is 5.02 Å². The van der Waals surface area contributed by atoms with Crippen molar-refractivity contribution in [1.29, 1.82) is 0 Å². The van der Waals surface area contributed by atoms with Crippen molar-refractivity contribution in [3.63, 3.8) is 0 Å². The van der Waals surface area contributed by atoms with Crippen LogP contribution in [0.3, 0.4) is 0 Å². The zero-order chi connectivity index (χ0) is 12.6. The third-order valence-corrected chi connectivity index (χ3v) is 5.02. The number of aromatic nitrogens is 2. The van der Waals surface area contributed by atoms with Crippen LogP contribution in [0.1, 0.15) is 28.5 Å². The fourth-order valence-electron chi connectivity index (χ4n) is 1.65. The lowest BCUT2D eigenvalue weighted by Crippen LogP contribution is -2.08. The average Bonchev–Trinajstić information content (AvgIpc) is 2.82. The molecule has 2 aromatic rings. The van der Waals surface area contributed by atoms with E-state index in [0.717, 1.165) is 14.2 Å². The molecular weight excluding hydrogens is 324 g/mol. The van der Waals surface area contributed by atoms with E-state index in [1.807, 2.05) is 19.9 Å². The summed E-state index contributed by atoms with van der Waals surface area (Å²) in [4.78, 5) is 2.00. The van der Waals surface area contributed by atoms with E-state index >= 15 is 0 Å². The molecule has 0 saturated carbocycles. The maximum absolute atomic E-state index is 10.4. The van der Waals surface area contributed by atoms with Gasteiger partial charge in [0.15, 0.2) is 0 Å². The Hall–Kier alpha value is -0.360. The molecule has 0 aliphatic carbocycles. The number of thiophene rings is 1. The summed E-state index contributed by atoms with van der Waals surface area (Å²) in [5, 5.41) is 15.0. The smallest absolute Gasteiger partial charge is 0.131 e. The fraction of sp³-hybridized carbons (Fsp3) is 0.364. The minimum absolute atomic E-state index is 0.501. The van der Waals surface area contributed by atoms with Crippen molar-refractivity contribution in [3.8, 4) is 0 Å². The molecule has 0 amide bonds. The van der Waals surface area contributed by atoms with Crippen molar-refractivity contribution in [2.75, 3.05) is 0 Å². The van der Waals surface area contributed by atoms with Crippen LogP contribution < -0.4 is 0 Å². The fourth-order valence-corrected chi connectivity index (χ4v) is 3.44. The van der Waals surface area contributed by atoms with Gasteiger partial charge in [-0.05, 0) is 35.8 Å². The van der Waals surface area contributed by atoms with Gasteiger partial charge in [-0.3, -0.25) is 4.68 Å². The zero-order valence-electron chi connectivity index (χ0n) is 9.44. The predicted octanol–water partition coefficient (Wildman–Crippen LogP) is 3.77. The number of aliphatic hydroxyl groups excluding tert-OH is 1. The number of nitrogens with zero attached hydrogens (tertiary/aromatic N) is 2. The molecule has 0 saturated heterocycles. The van der Waals surface area contributed by atoms with E-state index in [1.54, 1.807) is 22.2 Å². The van der Waals surface area contributed by atoms with Crippen molar-refractivity contribution >= 4 is 38.9 Å². The average molecular weight is 336 g/mol. The summed E-state index contributed by atoms with van der Waals surface area (Å²) in [6, 6.07) is 1.92. The summed E-state index contributed by atoms with van der Waals surface area (Å²) in [6.45, 7) is 4.66. The van der Waals surface area contributed by atoms with Crippen LogP contribution in [0.25, 0.3) is 0 Å². The molecule has 1 atom stereocenters. The SMILES string of the molecule is CCn1ncc(Cl)c1C(O)c1cc(Br)c(C)s1. The number of aryl methyl sites for hydroxylation is 2. The Morgan fingerprint density at radius 3 is 2.88 bits per heavy atom. The molecule has 0 aliphatic heterocycles. The first kappa shape index (κ1) is 13.1. The second-order valence-electron chi connectivity index (χ2n) is 3.65. The molecule has 0 fully saturated rings. The molecule has 0 spiro atoms. The minimum atomic E-state index is -0.722. The number of rotatable bonds is 3. The highest BCUT2D eigenvalue weighted by Gasteiger charge is 2.21. The first-order chi connectivity index (χ1) is 8.04. The second kappa shape index (κ2) is 5.10. The molecule has 0 radical (unpaired) electrons. The maximum Gasteiger partial charge on any atom is 0.131 e. The molecule has 2 aromatic heterocycles. The molecule has 2 rings (SSSR count). The molecule has 92 valence electrons. The maximum atomic E-state index is 10.4. The molecule has 1 N–H and O–H groups in total. The van der Waals surface area contributed by atoms with E-state index < -0.39 is 6.10 Å². The molecular formula is C11H12BrClN2OS.